The molecule has 0 aromatic rings. The molecule has 1 aliphatic heterocycles. The first-order valence-electron chi connectivity index (χ1n) is 9.06. The first-order valence-corrected chi connectivity index (χ1v) is 11.2. The molecule has 4 nitrogen and oxygen atoms in total. The van der Waals surface area contributed by atoms with Crippen LogP contribution in [0.1, 0.15) is 41.5 Å². The molecule has 1 saturated heterocycles. The molecule has 6 heteroatoms. The standard InChI is InChI=1S/C18H40N4S2/c1-16(2,13-19)22-11-9-20(7)14-17(3,4)23-24-18(5,6)15-21(8)10-12-22/h9-15,19H2,1-8H3. The number of hydrogen-bond donors (Lipinski definition) is 1. The molecule has 0 atom stereocenters. The van der Waals surface area contributed by atoms with E-state index in [1.807, 2.05) is 21.6 Å². The summed E-state index contributed by atoms with van der Waals surface area (Å²) in [5, 5.41) is 0. The van der Waals surface area contributed by atoms with Gasteiger partial charge in [0, 0.05) is 60.8 Å². The van der Waals surface area contributed by atoms with Gasteiger partial charge >= 0.3 is 0 Å². The molecule has 0 unspecified atom stereocenters. The van der Waals surface area contributed by atoms with E-state index in [1.54, 1.807) is 0 Å². The van der Waals surface area contributed by atoms with Gasteiger partial charge in [-0.25, -0.2) is 0 Å². The van der Waals surface area contributed by atoms with Gasteiger partial charge in [-0.05, 0) is 55.6 Å². The minimum Gasteiger partial charge on any atom is -0.329 e. The largest absolute Gasteiger partial charge is 0.329 e. The molecule has 2 N–H and O–H groups in total. The number of nitrogens with two attached hydrogens (primary N) is 1. The van der Waals surface area contributed by atoms with Crippen LogP contribution in [-0.4, -0.2) is 89.6 Å². The van der Waals surface area contributed by atoms with E-state index in [0.29, 0.717) is 6.54 Å². The first-order chi connectivity index (χ1) is 10.9. The van der Waals surface area contributed by atoms with E-state index in [1.165, 1.54) is 0 Å². The average Bonchev–Trinajstić information content (AvgIpc) is 2.44. The maximum atomic E-state index is 6.06. The second-order valence-electron chi connectivity index (χ2n) is 9.17. The van der Waals surface area contributed by atoms with Crippen LogP contribution < -0.4 is 5.73 Å². The van der Waals surface area contributed by atoms with Crippen LogP contribution in [0.3, 0.4) is 0 Å². The third kappa shape index (κ3) is 7.83. The Morgan fingerprint density at radius 1 is 0.833 bits per heavy atom. The Hall–Kier alpha value is 0.540. The summed E-state index contributed by atoms with van der Waals surface area (Å²) in [6, 6.07) is 0. The molecule has 0 spiro atoms. The van der Waals surface area contributed by atoms with Gasteiger partial charge in [0.2, 0.25) is 0 Å². The van der Waals surface area contributed by atoms with Gasteiger partial charge in [0.05, 0.1) is 0 Å². The lowest BCUT2D eigenvalue weighted by molar-refractivity contribution is 0.0979. The van der Waals surface area contributed by atoms with Gasteiger partial charge in [0.1, 0.15) is 0 Å². The van der Waals surface area contributed by atoms with E-state index in [9.17, 15) is 0 Å². The van der Waals surface area contributed by atoms with Crippen LogP contribution in [0, 0.1) is 0 Å². The van der Waals surface area contributed by atoms with Gasteiger partial charge in [-0.15, -0.1) is 0 Å². The molecule has 0 aliphatic carbocycles. The van der Waals surface area contributed by atoms with Crippen molar-refractivity contribution in [1.29, 1.82) is 0 Å². The summed E-state index contributed by atoms with van der Waals surface area (Å²) >= 11 is 0. The molecule has 0 saturated carbocycles. The fourth-order valence-corrected chi connectivity index (χ4v) is 5.83. The molecule has 1 rings (SSSR count). The molecule has 0 radical (unpaired) electrons. The molecule has 0 amide bonds. The van der Waals surface area contributed by atoms with Gasteiger partial charge in [0.25, 0.3) is 0 Å². The minimum absolute atomic E-state index is 0.0520. The van der Waals surface area contributed by atoms with Crippen LogP contribution in [0.25, 0.3) is 0 Å². The predicted molar refractivity (Wildman–Crippen MR) is 113 cm³/mol. The highest BCUT2D eigenvalue weighted by atomic mass is 33.1. The van der Waals surface area contributed by atoms with Crippen LogP contribution in [0.2, 0.25) is 0 Å². The van der Waals surface area contributed by atoms with Crippen molar-refractivity contribution >= 4 is 21.6 Å². The first kappa shape index (κ1) is 22.6. The van der Waals surface area contributed by atoms with Crippen molar-refractivity contribution in [1.82, 2.24) is 14.7 Å². The van der Waals surface area contributed by atoms with Crippen LogP contribution >= 0.6 is 21.6 Å². The van der Waals surface area contributed by atoms with E-state index < -0.39 is 0 Å². The van der Waals surface area contributed by atoms with E-state index in [2.05, 4.69) is 70.3 Å². The lowest BCUT2D eigenvalue weighted by Crippen LogP contribution is -2.54. The van der Waals surface area contributed by atoms with Crippen molar-refractivity contribution < 1.29 is 0 Å². The highest BCUT2D eigenvalue weighted by molar-refractivity contribution is 8.77. The van der Waals surface area contributed by atoms with Gasteiger partial charge < -0.3 is 15.5 Å². The highest BCUT2D eigenvalue weighted by Gasteiger charge is 2.30. The van der Waals surface area contributed by atoms with E-state index in [4.69, 9.17) is 5.73 Å². The van der Waals surface area contributed by atoms with Crippen LogP contribution in [0.15, 0.2) is 0 Å². The topological polar surface area (TPSA) is 35.7 Å². The van der Waals surface area contributed by atoms with Crippen molar-refractivity contribution in [2.45, 2.75) is 56.6 Å². The smallest absolute Gasteiger partial charge is 0.0334 e. The molecular formula is C18H40N4S2. The Labute approximate surface area is 158 Å². The van der Waals surface area contributed by atoms with Gasteiger partial charge in [-0.3, -0.25) is 4.90 Å². The fraction of sp³-hybridized carbons (Fsp3) is 1.00. The monoisotopic (exact) mass is 376 g/mol. The second-order valence-corrected chi connectivity index (χ2v) is 12.7. The Morgan fingerprint density at radius 2 is 1.21 bits per heavy atom. The number of rotatable bonds is 2. The van der Waals surface area contributed by atoms with Crippen LogP contribution in [0.5, 0.6) is 0 Å². The van der Waals surface area contributed by atoms with Crippen LogP contribution in [0.4, 0.5) is 0 Å². The zero-order valence-corrected chi connectivity index (χ0v) is 18.8. The van der Waals surface area contributed by atoms with Gasteiger partial charge in [0.15, 0.2) is 0 Å². The molecule has 1 heterocycles. The minimum atomic E-state index is 0.0520. The molecule has 144 valence electrons. The Balaban J connectivity index is 2.91. The molecule has 0 aromatic carbocycles. The highest BCUT2D eigenvalue weighted by Crippen LogP contribution is 2.44. The molecule has 0 aromatic heterocycles. The average molecular weight is 377 g/mol. The quantitative estimate of drug-likeness (QED) is 0.747. The zero-order valence-electron chi connectivity index (χ0n) is 17.2. The third-order valence-electron chi connectivity index (χ3n) is 4.65. The predicted octanol–water partition coefficient (Wildman–Crippen LogP) is 2.84. The van der Waals surface area contributed by atoms with Crippen molar-refractivity contribution in [3.05, 3.63) is 0 Å². The summed E-state index contributed by atoms with van der Waals surface area (Å²) in [7, 11) is 8.57. The SMILES string of the molecule is CN1CCN(C(C)(C)CN)CCN(C)CC(C)(C)SSC(C)(C)C1. The summed E-state index contributed by atoms with van der Waals surface area (Å²) in [5.41, 5.74) is 6.11. The molecule has 1 aliphatic rings. The molecule has 24 heavy (non-hydrogen) atoms. The maximum absolute atomic E-state index is 6.06. The molecule has 0 bridgehead atoms. The number of nitrogens with zero attached hydrogens (tertiary/aromatic N) is 3. The lowest BCUT2D eigenvalue weighted by Gasteiger charge is -2.40. The molecular weight excluding hydrogens is 336 g/mol. The second kappa shape index (κ2) is 8.96. The van der Waals surface area contributed by atoms with Gasteiger partial charge in [-0.2, -0.15) is 0 Å². The summed E-state index contributed by atoms with van der Waals surface area (Å²) in [4.78, 5) is 7.52. The Bertz CT molecular complexity index is 357. The zero-order chi connectivity index (χ0) is 18.6. The van der Waals surface area contributed by atoms with E-state index >= 15 is 0 Å². The van der Waals surface area contributed by atoms with E-state index in [0.717, 1.165) is 39.3 Å². The number of hydrogen-bond acceptors (Lipinski definition) is 6. The van der Waals surface area contributed by atoms with Crippen molar-refractivity contribution in [3.8, 4) is 0 Å². The number of likely N-dealkylation sites (N-methyl/N-ethyl adjacent to an activating group) is 2. The third-order valence-corrected chi connectivity index (χ3v) is 8.85. The Kier molecular flexibility index (Phi) is 8.43. The van der Waals surface area contributed by atoms with E-state index in [-0.39, 0.29) is 15.0 Å². The van der Waals surface area contributed by atoms with Crippen LogP contribution in [-0.2, 0) is 0 Å². The summed E-state index contributed by atoms with van der Waals surface area (Å²) < 4.78 is 0.495. The molecule has 1 fully saturated rings. The van der Waals surface area contributed by atoms with Gasteiger partial charge in [-0.1, -0.05) is 21.6 Å². The Morgan fingerprint density at radius 3 is 1.54 bits per heavy atom. The normalized spacial score (nSPS) is 26.4. The summed E-state index contributed by atoms with van der Waals surface area (Å²) in [5.74, 6) is 0. The maximum Gasteiger partial charge on any atom is 0.0334 e. The fourth-order valence-electron chi connectivity index (χ4n) is 3.17. The summed E-state index contributed by atoms with van der Waals surface area (Å²) in [6.45, 7) is 21.2. The van der Waals surface area contributed by atoms with Crippen molar-refractivity contribution in [2.75, 3.05) is 59.9 Å². The van der Waals surface area contributed by atoms with Crippen molar-refractivity contribution in [2.24, 2.45) is 5.73 Å². The van der Waals surface area contributed by atoms with Crippen molar-refractivity contribution in [3.63, 3.8) is 0 Å². The lowest BCUT2D eigenvalue weighted by atomic mass is 10.0. The summed E-state index contributed by atoms with van der Waals surface area (Å²) in [6.07, 6.45) is 0.